The van der Waals surface area contributed by atoms with Crippen LogP contribution in [0.5, 0.6) is 0 Å². The van der Waals surface area contributed by atoms with Crippen molar-refractivity contribution in [2.24, 2.45) is 5.16 Å². The third-order valence-corrected chi connectivity index (χ3v) is 2.75. The van der Waals surface area contributed by atoms with E-state index in [4.69, 9.17) is 0 Å². The van der Waals surface area contributed by atoms with Gasteiger partial charge in [-0.05, 0) is 28.1 Å². The maximum absolute atomic E-state index is 4.53. The summed E-state index contributed by atoms with van der Waals surface area (Å²) in [4.78, 5) is 5.81. The molecule has 4 heteroatoms. The molecule has 1 rings (SSSR count). The summed E-state index contributed by atoms with van der Waals surface area (Å²) in [6.45, 7) is 0. The molecule has 0 saturated carbocycles. The van der Waals surface area contributed by atoms with E-state index < -0.39 is 0 Å². The van der Waals surface area contributed by atoms with Gasteiger partial charge in [0.25, 0.3) is 0 Å². The van der Waals surface area contributed by atoms with Crippen LogP contribution in [-0.4, -0.2) is 13.3 Å². The largest absolute Gasteiger partial charge is 0.399 e. The molecule has 0 aliphatic rings. The molecule has 11 heavy (non-hydrogen) atoms. The standard InChI is InChI=1S/C7H8BrNOS/c1-10-9-5-4-6-2-3-7(8)11-6/h2-3,5H,4H2,1H3. The van der Waals surface area contributed by atoms with Crippen LogP contribution in [0.2, 0.25) is 0 Å². The first-order valence-corrected chi connectivity index (χ1v) is 4.73. The second-order valence-electron chi connectivity index (χ2n) is 1.88. The predicted octanol–water partition coefficient (Wildman–Crippen LogP) is 2.69. The van der Waals surface area contributed by atoms with Crippen molar-refractivity contribution < 1.29 is 4.84 Å². The molecular weight excluding hydrogens is 226 g/mol. The maximum atomic E-state index is 4.53. The van der Waals surface area contributed by atoms with E-state index in [2.05, 4.69) is 32.0 Å². The van der Waals surface area contributed by atoms with Crippen LogP contribution in [0.1, 0.15) is 4.88 Å². The number of nitrogens with zero attached hydrogens (tertiary/aromatic N) is 1. The van der Waals surface area contributed by atoms with E-state index in [0.717, 1.165) is 10.2 Å². The number of thiophene rings is 1. The van der Waals surface area contributed by atoms with Crippen LogP contribution in [0.25, 0.3) is 0 Å². The maximum Gasteiger partial charge on any atom is 0.106 e. The van der Waals surface area contributed by atoms with E-state index in [1.165, 1.54) is 4.88 Å². The van der Waals surface area contributed by atoms with Gasteiger partial charge in [-0.2, -0.15) is 0 Å². The molecule has 0 spiro atoms. The topological polar surface area (TPSA) is 21.6 Å². The summed E-state index contributed by atoms with van der Waals surface area (Å²) in [5.41, 5.74) is 0. The zero-order valence-corrected chi connectivity index (χ0v) is 8.48. The Morgan fingerprint density at radius 1 is 1.73 bits per heavy atom. The Kier molecular flexibility index (Phi) is 3.59. The molecule has 0 N–H and O–H groups in total. The Labute approximate surface area is 78.0 Å². The van der Waals surface area contributed by atoms with Gasteiger partial charge in [0.2, 0.25) is 0 Å². The fourth-order valence-electron chi connectivity index (χ4n) is 0.663. The third kappa shape index (κ3) is 3.03. The van der Waals surface area contributed by atoms with Gasteiger partial charge in [0.15, 0.2) is 0 Å². The van der Waals surface area contributed by atoms with Crippen molar-refractivity contribution in [1.82, 2.24) is 0 Å². The first-order chi connectivity index (χ1) is 5.33. The number of oxime groups is 1. The van der Waals surface area contributed by atoms with Gasteiger partial charge in [-0.1, -0.05) is 5.16 Å². The summed E-state index contributed by atoms with van der Waals surface area (Å²) in [5, 5.41) is 3.64. The van der Waals surface area contributed by atoms with Crippen LogP contribution >= 0.6 is 27.3 Å². The molecule has 0 aliphatic carbocycles. The van der Waals surface area contributed by atoms with Crippen LogP contribution in [0, 0.1) is 0 Å². The first kappa shape index (κ1) is 8.74. The highest BCUT2D eigenvalue weighted by atomic mass is 79.9. The third-order valence-electron chi connectivity index (χ3n) is 1.10. The predicted molar refractivity (Wildman–Crippen MR) is 51.2 cm³/mol. The molecule has 0 unspecified atom stereocenters. The average molecular weight is 234 g/mol. The molecule has 0 atom stereocenters. The minimum Gasteiger partial charge on any atom is -0.399 e. The Morgan fingerprint density at radius 3 is 3.09 bits per heavy atom. The van der Waals surface area contributed by atoms with Gasteiger partial charge in [0, 0.05) is 17.5 Å². The molecule has 0 aromatic carbocycles. The highest BCUT2D eigenvalue weighted by Crippen LogP contribution is 2.21. The minimum atomic E-state index is 0.837. The molecule has 2 nitrogen and oxygen atoms in total. The summed E-state index contributed by atoms with van der Waals surface area (Å²) in [6.07, 6.45) is 2.59. The minimum absolute atomic E-state index is 0.837. The lowest BCUT2D eigenvalue weighted by Crippen LogP contribution is -1.80. The molecule has 0 radical (unpaired) electrons. The van der Waals surface area contributed by atoms with Crippen LogP contribution < -0.4 is 0 Å². The van der Waals surface area contributed by atoms with Gasteiger partial charge in [-0.15, -0.1) is 11.3 Å². The summed E-state index contributed by atoms with van der Waals surface area (Å²) in [6, 6.07) is 4.09. The average Bonchev–Trinajstić information content (AvgIpc) is 2.37. The van der Waals surface area contributed by atoms with Crippen molar-refractivity contribution in [1.29, 1.82) is 0 Å². The molecule has 0 saturated heterocycles. The van der Waals surface area contributed by atoms with Crippen LogP contribution in [0.3, 0.4) is 0 Å². The van der Waals surface area contributed by atoms with Crippen LogP contribution in [0.15, 0.2) is 21.1 Å². The van der Waals surface area contributed by atoms with Gasteiger partial charge in [-0.25, -0.2) is 0 Å². The van der Waals surface area contributed by atoms with Gasteiger partial charge >= 0.3 is 0 Å². The summed E-state index contributed by atoms with van der Waals surface area (Å²) >= 11 is 5.09. The summed E-state index contributed by atoms with van der Waals surface area (Å²) in [5.74, 6) is 0. The lowest BCUT2D eigenvalue weighted by molar-refractivity contribution is 0.215. The number of hydrogen-bond acceptors (Lipinski definition) is 3. The SMILES string of the molecule is CON=CCc1ccc(Br)s1. The smallest absolute Gasteiger partial charge is 0.106 e. The Balaban J connectivity index is 2.45. The van der Waals surface area contributed by atoms with Crippen molar-refractivity contribution in [2.45, 2.75) is 6.42 Å². The fourth-order valence-corrected chi connectivity index (χ4v) is 2.10. The van der Waals surface area contributed by atoms with Crippen molar-refractivity contribution in [3.8, 4) is 0 Å². The number of rotatable bonds is 3. The van der Waals surface area contributed by atoms with Gasteiger partial charge in [0.05, 0.1) is 3.79 Å². The Bertz CT molecular complexity index is 246. The second-order valence-corrected chi connectivity index (χ2v) is 4.43. The normalized spacial score (nSPS) is 10.7. The van der Waals surface area contributed by atoms with E-state index in [-0.39, 0.29) is 0 Å². The van der Waals surface area contributed by atoms with Crippen molar-refractivity contribution in [3.63, 3.8) is 0 Å². The van der Waals surface area contributed by atoms with Gasteiger partial charge in [-0.3, -0.25) is 0 Å². The van der Waals surface area contributed by atoms with E-state index in [0.29, 0.717) is 0 Å². The fraction of sp³-hybridized carbons (Fsp3) is 0.286. The van der Waals surface area contributed by atoms with Gasteiger partial charge in [0.1, 0.15) is 7.11 Å². The zero-order valence-electron chi connectivity index (χ0n) is 6.08. The molecule has 60 valence electrons. The molecule has 0 aliphatic heterocycles. The summed E-state index contributed by atoms with van der Waals surface area (Å²) in [7, 11) is 1.54. The molecule has 1 aromatic heterocycles. The second kappa shape index (κ2) is 4.51. The van der Waals surface area contributed by atoms with Crippen LogP contribution in [0.4, 0.5) is 0 Å². The molecule has 0 bridgehead atoms. The van der Waals surface area contributed by atoms with Gasteiger partial charge < -0.3 is 4.84 Å². The van der Waals surface area contributed by atoms with E-state index >= 15 is 0 Å². The molecular formula is C7H8BrNOS. The van der Waals surface area contributed by atoms with Crippen molar-refractivity contribution in [2.75, 3.05) is 7.11 Å². The number of hydrogen-bond donors (Lipinski definition) is 0. The van der Waals surface area contributed by atoms with Crippen molar-refractivity contribution in [3.05, 3.63) is 20.8 Å². The van der Waals surface area contributed by atoms with E-state index in [1.807, 2.05) is 6.07 Å². The monoisotopic (exact) mass is 233 g/mol. The molecule has 1 aromatic rings. The van der Waals surface area contributed by atoms with E-state index in [9.17, 15) is 0 Å². The molecule has 0 fully saturated rings. The van der Waals surface area contributed by atoms with E-state index in [1.54, 1.807) is 24.7 Å². The molecule has 1 heterocycles. The quantitative estimate of drug-likeness (QED) is 0.582. The Hall–Kier alpha value is -0.350. The summed E-state index contributed by atoms with van der Waals surface area (Å²) < 4.78 is 1.15. The highest BCUT2D eigenvalue weighted by molar-refractivity contribution is 9.11. The lowest BCUT2D eigenvalue weighted by Gasteiger charge is -1.86. The highest BCUT2D eigenvalue weighted by Gasteiger charge is 1.93. The zero-order chi connectivity index (χ0) is 8.10. The number of halogens is 1. The lowest BCUT2D eigenvalue weighted by atomic mass is 10.4. The first-order valence-electron chi connectivity index (χ1n) is 3.12. The molecule has 0 amide bonds. The van der Waals surface area contributed by atoms with Crippen LogP contribution in [-0.2, 0) is 11.3 Å². The van der Waals surface area contributed by atoms with Crippen molar-refractivity contribution >= 4 is 33.5 Å². The Morgan fingerprint density at radius 2 is 2.55 bits per heavy atom.